The molecular formula is C25H25N3O2. The molecule has 0 spiro atoms. The first kappa shape index (κ1) is 19.7. The number of rotatable bonds is 6. The summed E-state index contributed by atoms with van der Waals surface area (Å²) in [5, 5.41) is 0. The number of methoxy groups -OCH3 is 1. The first-order valence-corrected chi connectivity index (χ1v) is 10.1. The molecule has 0 aliphatic carbocycles. The van der Waals surface area contributed by atoms with Crippen LogP contribution in [0.2, 0.25) is 0 Å². The predicted molar refractivity (Wildman–Crippen MR) is 121 cm³/mol. The van der Waals surface area contributed by atoms with Crippen molar-refractivity contribution in [1.82, 2.24) is 9.55 Å². The third-order valence-corrected chi connectivity index (χ3v) is 5.12. The van der Waals surface area contributed by atoms with Gasteiger partial charge in [-0.05, 0) is 62.4 Å². The number of hydrogen-bond donors (Lipinski definition) is 0. The lowest BCUT2D eigenvalue weighted by molar-refractivity contribution is -0.119. The van der Waals surface area contributed by atoms with Crippen molar-refractivity contribution in [2.75, 3.05) is 12.0 Å². The summed E-state index contributed by atoms with van der Waals surface area (Å²) < 4.78 is 7.28. The summed E-state index contributed by atoms with van der Waals surface area (Å²) in [6.45, 7) is 4.26. The van der Waals surface area contributed by atoms with Crippen molar-refractivity contribution < 1.29 is 9.53 Å². The molecule has 0 saturated carbocycles. The number of ether oxygens (including phenoxy) is 1. The number of imidazole rings is 1. The topological polar surface area (TPSA) is 47.4 Å². The van der Waals surface area contributed by atoms with Gasteiger partial charge in [-0.25, -0.2) is 4.98 Å². The second-order valence-corrected chi connectivity index (χ2v) is 7.43. The molecule has 0 N–H and O–H groups in total. The highest BCUT2D eigenvalue weighted by Gasteiger charge is 2.22. The molecule has 4 aromatic rings. The van der Waals surface area contributed by atoms with Crippen molar-refractivity contribution in [2.45, 2.75) is 26.4 Å². The van der Waals surface area contributed by atoms with Crippen LogP contribution >= 0.6 is 0 Å². The van der Waals surface area contributed by atoms with Crippen LogP contribution in [-0.4, -0.2) is 28.6 Å². The first-order valence-electron chi connectivity index (χ1n) is 10.1. The molecule has 5 heteroatoms. The minimum absolute atomic E-state index is 0.0223. The van der Waals surface area contributed by atoms with E-state index in [1.54, 1.807) is 7.11 Å². The minimum Gasteiger partial charge on any atom is -0.497 e. The van der Waals surface area contributed by atoms with E-state index in [0.717, 1.165) is 33.9 Å². The highest BCUT2D eigenvalue weighted by molar-refractivity contribution is 5.95. The number of carbonyl (C=O) groups excluding carboxylic acids is 1. The normalized spacial score (nSPS) is 11.1. The van der Waals surface area contributed by atoms with E-state index < -0.39 is 0 Å². The molecule has 0 radical (unpaired) electrons. The van der Waals surface area contributed by atoms with Crippen molar-refractivity contribution in [3.05, 3.63) is 78.9 Å². The fourth-order valence-electron chi connectivity index (χ4n) is 3.73. The van der Waals surface area contributed by atoms with Crippen LogP contribution in [0.15, 0.2) is 78.9 Å². The molecule has 0 bridgehead atoms. The van der Waals surface area contributed by atoms with Crippen molar-refractivity contribution >= 4 is 22.6 Å². The maximum absolute atomic E-state index is 13.4. The van der Waals surface area contributed by atoms with Gasteiger partial charge in [0.05, 0.1) is 18.1 Å². The molecule has 1 aromatic heterocycles. The SMILES string of the molecule is COc1ccc(-c2nc3ccccc3n2CC(=O)N(c2ccccc2)C(C)C)cc1. The highest BCUT2D eigenvalue weighted by Crippen LogP contribution is 2.27. The summed E-state index contributed by atoms with van der Waals surface area (Å²) in [6, 6.07) is 25.5. The van der Waals surface area contributed by atoms with Crippen LogP contribution < -0.4 is 9.64 Å². The Morgan fingerprint density at radius 1 is 0.967 bits per heavy atom. The molecule has 0 aliphatic heterocycles. The molecule has 0 unspecified atom stereocenters. The molecule has 0 aliphatic rings. The minimum atomic E-state index is 0.0223. The molecule has 1 amide bonds. The van der Waals surface area contributed by atoms with Crippen molar-refractivity contribution in [3.8, 4) is 17.1 Å². The molecule has 0 fully saturated rings. The van der Waals surface area contributed by atoms with E-state index in [9.17, 15) is 4.79 Å². The largest absolute Gasteiger partial charge is 0.497 e. The highest BCUT2D eigenvalue weighted by atomic mass is 16.5. The van der Waals surface area contributed by atoms with E-state index in [-0.39, 0.29) is 18.5 Å². The van der Waals surface area contributed by atoms with Crippen LogP contribution in [0.4, 0.5) is 5.69 Å². The van der Waals surface area contributed by atoms with Gasteiger partial charge < -0.3 is 14.2 Å². The number of nitrogens with zero attached hydrogens (tertiary/aromatic N) is 3. The van der Waals surface area contributed by atoms with Crippen LogP contribution in [0.25, 0.3) is 22.4 Å². The maximum Gasteiger partial charge on any atom is 0.247 e. The summed E-state index contributed by atoms with van der Waals surface area (Å²) in [5.74, 6) is 1.57. The lowest BCUT2D eigenvalue weighted by atomic mass is 10.2. The Morgan fingerprint density at radius 2 is 1.63 bits per heavy atom. The Labute approximate surface area is 176 Å². The number of anilines is 1. The summed E-state index contributed by atoms with van der Waals surface area (Å²) in [6.07, 6.45) is 0. The third kappa shape index (κ3) is 3.79. The molecule has 0 saturated heterocycles. The average molecular weight is 399 g/mol. The molecular weight excluding hydrogens is 374 g/mol. The number of aromatic nitrogens is 2. The zero-order valence-corrected chi connectivity index (χ0v) is 17.4. The molecule has 4 rings (SSSR count). The number of benzene rings is 3. The average Bonchev–Trinajstić information content (AvgIpc) is 3.13. The molecule has 0 atom stereocenters. The fourth-order valence-corrected chi connectivity index (χ4v) is 3.73. The molecule has 1 heterocycles. The smallest absolute Gasteiger partial charge is 0.247 e. The second kappa shape index (κ2) is 8.41. The van der Waals surface area contributed by atoms with E-state index >= 15 is 0 Å². The lowest BCUT2D eigenvalue weighted by Crippen LogP contribution is -2.39. The van der Waals surface area contributed by atoms with Crippen molar-refractivity contribution in [2.24, 2.45) is 0 Å². The number of carbonyl (C=O) groups is 1. The van der Waals surface area contributed by atoms with Crippen LogP contribution in [-0.2, 0) is 11.3 Å². The van der Waals surface area contributed by atoms with Crippen LogP contribution in [0.5, 0.6) is 5.75 Å². The number of fused-ring (bicyclic) bond motifs is 1. The second-order valence-electron chi connectivity index (χ2n) is 7.43. The Balaban J connectivity index is 1.76. The Bertz CT molecular complexity index is 1150. The summed E-state index contributed by atoms with van der Waals surface area (Å²) >= 11 is 0. The zero-order chi connectivity index (χ0) is 21.1. The number of hydrogen-bond acceptors (Lipinski definition) is 3. The van der Waals surface area contributed by atoms with Gasteiger partial charge in [0.25, 0.3) is 0 Å². The van der Waals surface area contributed by atoms with Gasteiger partial charge in [0, 0.05) is 17.3 Å². The van der Waals surface area contributed by atoms with E-state index in [4.69, 9.17) is 9.72 Å². The van der Waals surface area contributed by atoms with Gasteiger partial charge in [-0.2, -0.15) is 0 Å². The van der Waals surface area contributed by atoms with Gasteiger partial charge in [0.1, 0.15) is 18.1 Å². The lowest BCUT2D eigenvalue weighted by Gasteiger charge is -2.27. The van der Waals surface area contributed by atoms with Crippen LogP contribution in [0.1, 0.15) is 13.8 Å². The van der Waals surface area contributed by atoms with Gasteiger partial charge >= 0.3 is 0 Å². The van der Waals surface area contributed by atoms with Gasteiger partial charge in [-0.3, -0.25) is 4.79 Å². The number of para-hydroxylation sites is 3. The van der Waals surface area contributed by atoms with Crippen molar-refractivity contribution in [3.63, 3.8) is 0 Å². The third-order valence-electron chi connectivity index (χ3n) is 5.12. The van der Waals surface area contributed by atoms with Gasteiger partial charge in [-0.15, -0.1) is 0 Å². The predicted octanol–water partition coefficient (Wildman–Crippen LogP) is 5.15. The van der Waals surface area contributed by atoms with E-state index in [2.05, 4.69) is 0 Å². The molecule has 5 nitrogen and oxygen atoms in total. The van der Waals surface area contributed by atoms with Gasteiger partial charge in [0.2, 0.25) is 5.91 Å². The summed E-state index contributed by atoms with van der Waals surface area (Å²) in [4.78, 5) is 20.1. The Kier molecular flexibility index (Phi) is 5.53. The Hall–Kier alpha value is -3.60. The maximum atomic E-state index is 13.4. The van der Waals surface area contributed by atoms with E-state index in [1.807, 2.05) is 102 Å². The standard InChI is InChI=1S/C25H25N3O2/c1-18(2)28(20-9-5-4-6-10-20)24(29)17-27-23-12-8-7-11-22(23)26-25(27)19-13-15-21(30-3)16-14-19/h4-16,18H,17H2,1-3H3. The number of amides is 1. The monoisotopic (exact) mass is 399 g/mol. The molecule has 3 aromatic carbocycles. The van der Waals surface area contributed by atoms with Gasteiger partial charge in [0.15, 0.2) is 0 Å². The first-order chi connectivity index (χ1) is 14.6. The quantitative estimate of drug-likeness (QED) is 0.450. The summed E-state index contributed by atoms with van der Waals surface area (Å²) in [5.41, 5.74) is 3.64. The van der Waals surface area contributed by atoms with E-state index in [0.29, 0.717) is 0 Å². The van der Waals surface area contributed by atoms with E-state index in [1.165, 1.54) is 0 Å². The van der Waals surface area contributed by atoms with Crippen molar-refractivity contribution in [1.29, 1.82) is 0 Å². The Morgan fingerprint density at radius 3 is 2.30 bits per heavy atom. The summed E-state index contributed by atoms with van der Waals surface area (Å²) in [7, 11) is 1.65. The molecule has 152 valence electrons. The van der Waals surface area contributed by atoms with Crippen LogP contribution in [0, 0.1) is 0 Å². The van der Waals surface area contributed by atoms with Crippen LogP contribution in [0.3, 0.4) is 0 Å². The molecule has 30 heavy (non-hydrogen) atoms. The fraction of sp³-hybridized carbons (Fsp3) is 0.200. The zero-order valence-electron chi connectivity index (χ0n) is 17.4. The van der Waals surface area contributed by atoms with Gasteiger partial charge in [-0.1, -0.05) is 30.3 Å².